The van der Waals surface area contributed by atoms with Crippen LogP contribution in [0.5, 0.6) is 0 Å². The first kappa shape index (κ1) is 14.5. The third-order valence-corrected chi connectivity index (χ3v) is 3.14. The molecule has 0 saturated carbocycles. The number of thioether (sulfide) groups is 1. The van der Waals surface area contributed by atoms with Crippen LogP contribution in [0.15, 0.2) is 24.3 Å². The molecule has 0 aliphatic heterocycles. The van der Waals surface area contributed by atoms with Gasteiger partial charge in [-0.15, -0.1) is 11.8 Å². The Balaban J connectivity index is 2.35. The molecule has 0 aliphatic rings. The lowest BCUT2D eigenvalue weighted by molar-refractivity contribution is -0.431. The molecule has 1 rings (SSSR count). The van der Waals surface area contributed by atoms with E-state index in [1.54, 1.807) is 6.07 Å². The van der Waals surface area contributed by atoms with Crippen LogP contribution in [0.1, 0.15) is 0 Å². The number of para-hydroxylation sites is 1. The fraction of sp³-hybridized carbons (Fsp3) is 0.273. The summed E-state index contributed by atoms with van der Waals surface area (Å²) in [4.78, 5) is 21.8. The van der Waals surface area contributed by atoms with Gasteiger partial charge in [0.05, 0.1) is 23.2 Å². The number of carbonyl (C=O) groups is 2. The van der Waals surface area contributed by atoms with E-state index >= 15 is 0 Å². The van der Waals surface area contributed by atoms with Gasteiger partial charge in [-0.25, -0.2) is 4.39 Å². The van der Waals surface area contributed by atoms with E-state index in [4.69, 9.17) is 0 Å². The van der Waals surface area contributed by atoms with Gasteiger partial charge in [-0.05, 0) is 12.1 Å². The van der Waals surface area contributed by atoms with Crippen LogP contribution in [0.4, 0.5) is 10.1 Å². The van der Waals surface area contributed by atoms with Gasteiger partial charge in [0.25, 0.3) is 0 Å². The van der Waals surface area contributed by atoms with Crippen LogP contribution in [0.3, 0.4) is 0 Å². The van der Waals surface area contributed by atoms with Crippen LogP contribution >= 0.6 is 11.8 Å². The quantitative estimate of drug-likeness (QED) is 0.684. The maximum Gasteiger partial charge on any atom is 0.234 e. The highest BCUT2D eigenvalue weighted by Gasteiger charge is 2.10. The predicted molar refractivity (Wildman–Crippen MR) is 64.0 cm³/mol. The Bertz CT molecular complexity index is 442. The van der Waals surface area contributed by atoms with E-state index in [1.165, 1.54) is 18.2 Å². The standard InChI is InChI=1S/C11H13FN2O3S/c12-7-3-1-2-4-9(7)14-10(15)6-18-5-8(13)11(16)17/h1-4,8H,5-6,13H2,(H,14,15)(H,16,17)/t8-/m0/s1. The van der Waals surface area contributed by atoms with Crippen molar-refractivity contribution < 1.29 is 24.8 Å². The number of amides is 1. The van der Waals surface area contributed by atoms with Crippen molar-refractivity contribution in [2.75, 3.05) is 16.8 Å². The second-order valence-electron chi connectivity index (χ2n) is 3.56. The van der Waals surface area contributed by atoms with Crippen molar-refractivity contribution >= 4 is 29.3 Å². The lowest BCUT2D eigenvalue weighted by Gasteiger charge is -2.09. The summed E-state index contributed by atoms with van der Waals surface area (Å²) < 4.78 is 13.2. The summed E-state index contributed by atoms with van der Waals surface area (Å²) in [6.07, 6.45) is 0. The van der Waals surface area contributed by atoms with Gasteiger partial charge in [-0.3, -0.25) is 4.79 Å². The van der Waals surface area contributed by atoms with Gasteiger partial charge in [-0.1, -0.05) is 12.1 Å². The van der Waals surface area contributed by atoms with Gasteiger partial charge in [-0.2, -0.15) is 0 Å². The summed E-state index contributed by atoms with van der Waals surface area (Å²) in [5, 5.41) is 12.8. The summed E-state index contributed by atoms with van der Waals surface area (Å²) in [7, 11) is 0. The molecule has 0 spiro atoms. The maximum atomic E-state index is 13.2. The van der Waals surface area contributed by atoms with Crippen LogP contribution in [0, 0.1) is 5.82 Å². The zero-order valence-electron chi connectivity index (χ0n) is 9.52. The minimum absolute atomic E-state index is 0.0354. The zero-order chi connectivity index (χ0) is 13.5. The number of carboxylic acids is 1. The molecule has 0 fully saturated rings. The highest BCUT2D eigenvalue weighted by molar-refractivity contribution is 8.00. The zero-order valence-corrected chi connectivity index (χ0v) is 10.3. The number of anilines is 1. The molecule has 5 nitrogen and oxygen atoms in total. The molecule has 18 heavy (non-hydrogen) atoms. The van der Waals surface area contributed by atoms with E-state index in [0.29, 0.717) is 0 Å². The molecule has 0 unspecified atom stereocenters. The summed E-state index contributed by atoms with van der Waals surface area (Å²) in [5.41, 5.74) is 3.46. The Morgan fingerprint density at radius 3 is 2.72 bits per heavy atom. The third-order valence-electron chi connectivity index (χ3n) is 2.03. The van der Waals surface area contributed by atoms with Gasteiger partial charge in [0.2, 0.25) is 5.91 Å². The topological polar surface area (TPSA) is 96.9 Å². The molecule has 7 heteroatoms. The molecule has 1 aromatic rings. The van der Waals surface area contributed by atoms with E-state index < -0.39 is 23.7 Å². The summed E-state index contributed by atoms with van der Waals surface area (Å²) in [5.74, 6) is -1.95. The number of hydrogen-bond donors (Lipinski definition) is 2. The second-order valence-corrected chi connectivity index (χ2v) is 4.59. The Morgan fingerprint density at radius 1 is 1.44 bits per heavy atom. The number of quaternary nitrogens is 1. The van der Waals surface area contributed by atoms with E-state index in [0.717, 1.165) is 11.8 Å². The van der Waals surface area contributed by atoms with Gasteiger partial charge in [0.1, 0.15) is 11.9 Å². The highest BCUT2D eigenvalue weighted by Crippen LogP contribution is 2.13. The Labute approximate surface area is 108 Å². The Hall–Kier alpha value is -1.60. The van der Waals surface area contributed by atoms with Crippen molar-refractivity contribution in [2.24, 2.45) is 0 Å². The molecule has 0 radical (unpaired) electrons. The number of halogens is 1. The first-order valence-electron chi connectivity index (χ1n) is 5.16. The Morgan fingerprint density at radius 2 is 2.11 bits per heavy atom. The molecule has 1 aromatic carbocycles. The molecular weight excluding hydrogens is 259 g/mol. The van der Waals surface area contributed by atoms with Crippen LogP contribution < -0.4 is 16.2 Å². The maximum absolute atomic E-state index is 13.2. The monoisotopic (exact) mass is 272 g/mol. The lowest BCUT2D eigenvalue weighted by Crippen LogP contribution is -2.69. The number of carboxylic acid groups (broad SMARTS) is 1. The highest BCUT2D eigenvalue weighted by atomic mass is 32.2. The van der Waals surface area contributed by atoms with Crippen LogP contribution in [-0.2, 0) is 9.59 Å². The molecule has 0 heterocycles. The second kappa shape index (κ2) is 6.97. The van der Waals surface area contributed by atoms with Crippen molar-refractivity contribution in [3.05, 3.63) is 30.1 Å². The first-order chi connectivity index (χ1) is 8.50. The van der Waals surface area contributed by atoms with Gasteiger partial charge < -0.3 is 21.0 Å². The van der Waals surface area contributed by atoms with Crippen molar-refractivity contribution in [1.82, 2.24) is 0 Å². The van der Waals surface area contributed by atoms with Crippen molar-refractivity contribution in [1.29, 1.82) is 0 Å². The average Bonchev–Trinajstić information content (AvgIpc) is 2.32. The summed E-state index contributed by atoms with van der Waals surface area (Å²) in [6.45, 7) is 0. The van der Waals surface area contributed by atoms with E-state index in [-0.39, 0.29) is 17.2 Å². The fourth-order valence-electron chi connectivity index (χ4n) is 1.11. The molecular formula is C11H13FN2O3S. The van der Waals surface area contributed by atoms with Gasteiger partial charge in [0.15, 0.2) is 0 Å². The number of carbonyl (C=O) groups excluding carboxylic acids is 2. The normalized spacial score (nSPS) is 11.9. The lowest BCUT2D eigenvalue weighted by atomic mass is 10.3. The molecule has 1 amide bonds. The van der Waals surface area contributed by atoms with E-state index in [2.05, 4.69) is 11.1 Å². The van der Waals surface area contributed by atoms with Crippen LogP contribution in [0.2, 0.25) is 0 Å². The number of benzene rings is 1. The van der Waals surface area contributed by atoms with Gasteiger partial charge in [0, 0.05) is 0 Å². The van der Waals surface area contributed by atoms with E-state index in [9.17, 15) is 19.1 Å². The van der Waals surface area contributed by atoms with Crippen LogP contribution in [-0.4, -0.2) is 29.4 Å². The Kier molecular flexibility index (Phi) is 5.60. The number of hydrogen-bond acceptors (Lipinski definition) is 4. The molecule has 0 aliphatic carbocycles. The molecule has 0 saturated heterocycles. The predicted octanol–water partition coefficient (Wildman–Crippen LogP) is -1.14. The SMILES string of the molecule is [NH3+][C@@H](CSCC(=O)Nc1ccccc1F)C(=O)[O-]. The largest absolute Gasteiger partial charge is 0.544 e. The van der Waals surface area contributed by atoms with Gasteiger partial charge >= 0.3 is 0 Å². The first-order valence-corrected chi connectivity index (χ1v) is 6.32. The van der Waals surface area contributed by atoms with Crippen molar-refractivity contribution in [3.8, 4) is 0 Å². The summed E-state index contributed by atoms with van der Waals surface area (Å²) >= 11 is 1.11. The number of rotatable bonds is 6. The molecule has 1 atom stereocenters. The average molecular weight is 272 g/mol. The number of aliphatic carboxylic acids is 1. The third kappa shape index (κ3) is 4.72. The van der Waals surface area contributed by atoms with Crippen molar-refractivity contribution in [2.45, 2.75) is 6.04 Å². The minimum Gasteiger partial charge on any atom is -0.544 e. The van der Waals surface area contributed by atoms with Crippen molar-refractivity contribution in [3.63, 3.8) is 0 Å². The molecule has 4 N–H and O–H groups in total. The molecule has 0 bridgehead atoms. The van der Waals surface area contributed by atoms with E-state index in [1.807, 2.05) is 0 Å². The number of nitrogens with one attached hydrogen (secondary N) is 1. The molecule has 98 valence electrons. The molecule has 0 aromatic heterocycles. The summed E-state index contributed by atoms with van der Waals surface area (Å²) in [6, 6.07) is 4.95. The fourth-order valence-corrected chi connectivity index (χ4v) is 1.91. The van der Waals surface area contributed by atoms with Crippen LogP contribution in [0.25, 0.3) is 0 Å². The smallest absolute Gasteiger partial charge is 0.234 e. The minimum atomic E-state index is -1.25.